The van der Waals surface area contributed by atoms with Gasteiger partial charge < -0.3 is 14.9 Å². The van der Waals surface area contributed by atoms with Gasteiger partial charge >= 0.3 is 5.97 Å². The van der Waals surface area contributed by atoms with Crippen LogP contribution in [0.2, 0.25) is 0 Å². The number of hydrogen-bond donors (Lipinski definition) is 2. The molecule has 4 heteroatoms. The minimum Gasteiger partial charge on any atom is -0.462 e. The Hall–Kier alpha value is -0.870. The second-order valence-corrected chi connectivity index (χ2v) is 2.72. The Morgan fingerprint density at radius 1 is 1.62 bits per heavy atom. The van der Waals surface area contributed by atoms with Gasteiger partial charge in [-0.15, -0.1) is 6.58 Å². The van der Waals surface area contributed by atoms with Gasteiger partial charge in [0.25, 0.3) is 5.79 Å². The Labute approximate surface area is 77.8 Å². The first-order chi connectivity index (χ1) is 6.04. The molecule has 0 saturated carbocycles. The van der Waals surface area contributed by atoms with Gasteiger partial charge in [0.05, 0.1) is 6.61 Å². The highest BCUT2D eigenvalue weighted by atomic mass is 16.6. The monoisotopic (exact) mass is 188 g/mol. The number of esters is 1. The maximum atomic E-state index is 10.9. The number of hydrogen-bond acceptors (Lipinski definition) is 4. The molecule has 0 unspecified atom stereocenters. The predicted molar refractivity (Wildman–Crippen MR) is 47.8 cm³/mol. The summed E-state index contributed by atoms with van der Waals surface area (Å²) in [5, 5.41) is 18.4. The average molecular weight is 188 g/mol. The molecule has 0 atom stereocenters. The predicted octanol–water partition coefficient (Wildman–Crippen LogP) is 0.587. The van der Waals surface area contributed by atoms with Crippen LogP contribution < -0.4 is 0 Å². The molecule has 0 fully saturated rings. The molecule has 0 aromatic heterocycles. The third kappa shape index (κ3) is 4.65. The Morgan fingerprint density at radius 3 is 2.69 bits per heavy atom. The van der Waals surface area contributed by atoms with E-state index in [0.29, 0.717) is 12.8 Å². The molecular formula is C9H16O4. The first-order valence-electron chi connectivity index (χ1n) is 4.27. The summed E-state index contributed by atoms with van der Waals surface area (Å²) in [7, 11) is 0. The fourth-order valence-electron chi connectivity index (χ4n) is 0.842. The largest absolute Gasteiger partial charge is 0.462 e. The number of allylic oxidation sites excluding steroid dienone is 1. The van der Waals surface area contributed by atoms with Gasteiger partial charge in [-0.05, 0) is 19.8 Å². The molecule has 0 heterocycles. The zero-order chi connectivity index (χ0) is 10.3. The third-order valence-corrected chi connectivity index (χ3v) is 1.54. The summed E-state index contributed by atoms with van der Waals surface area (Å²) in [6.45, 7) is 5.23. The molecule has 0 aromatic rings. The SMILES string of the molecule is C=CCCCC(O)(O)C(=O)OCC. The summed E-state index contributed by atoms with van der Waals surface area (Å²) in [4.78, 5) is 10.9. The molecule has 0 aliphatic heterocycles. The van der Waals surface area contributed by atoms with Crippen LogP contribution in [-0.2, 0) is 9.53 Å². The molecule has 0 bridgehead atoms. The first-order valence-corrected chi connectivity index (χ1v) is 4.27. The van der Waals surface area contributed by atoms with Crippen molar-refractivity contribution in [3.8, 4) is 0 Å². The second-order valence-electron chi connectivity index (χ2n) is 2.72. The number of aliphatic hydroxyl groups is 2. The summed E-state index contributed by atoms with van der Waals surface area (Å²) in [6.07, 6.45) is 2.76. The van der Waals surface area contributed by atoms with Crippen molar-refractivity contribution < 1.29 is 19.7 Å². The average Bonchev–Trinajstić information content (AvgIpc) is 2.05. The minimum absolute atomic E-state index is 0.0299. The van der Waals surface area contributed by atoms with Crippen LogP contribution in [0.15, 0.2) is 12.7 Å². The van der Waals surface area contributed by atoms with Crippen molar-refractivity contribution in [3.05, 3.63) is 12.7 Å². The van der Waals surface area contributed by atoms with Gasteiger partial charge in [0.15, 0.2) is 0 Å². The maximum absolute atomic E-state index is 10.9. The molecule has 0 rings (SSSR count). The van der Waals surface area contributed by atoms with E-state index in [-0.39, 0.29) is 13.0 Å². The number of unbranched alkanes of at least 4 members (excludes halogenated alkanes) is 1. The van der Waals surface area contributed by atoms with Crippen LogP contribution in [0.25, 0.3) is 0 Å². The summed E-state index contributed by atoms with van der Waals surface area (Å²) >= 11 is 0. The van der Waals surface area contributed by atoms with Crippen LogP contribution in [0.1, 0.15) is 26.2 Å². The summed E-state index contributed by atoms with van der Waals surface area (Å²) in [6, 6.07) is 0. The quantitative estimate of drug-likeness (QED) is 0.277. The lowest BCUT2D eigenvalue weighted by Crippen LogP contribution is -2.39. The molecule has 0 aliphatic carbocycles. The van der Waals surface area contributed by atoms with Gasteiger partial charge in [0.1, 0.15) is 0 Å². The normalized spacial score (nSPS) is 11.0. The van der Waals surface area contributed by atoms with Crippen LogP contribution >= 0.6 is 0 Å². The standard InChI is InChI=1S/C9H16O4/c1-3-5-6-7-9(11,12)8(10)13-4-2/h3,11-12H,1,4-7H2,2H3. The van der Waals surface area contributed by atoms with Gasteiger partial charge in [-0.1, -0.05) is 6.08 Å². The molecule has 0 aromatic carbocycles. The fraction of sp³-hybridized carbons (Fsp3) is 0.667. The maximum Gasteiger partial charge on any atom is 0.366 e. The Kier molecular flexibility index (Phi) is 5.34. The van der Waals surface area contributed by atoms with Crippen molar-refractivity contribution in [1.29, 1.82) is 0 Å². The number of rotatable bonds is 6. The van der Waals surface area contributed by atoms with E-state index in [2.05, 4.69) is 11.3 Å². The highest BCUT2D eigenvalue weighted by molar-refractivity contribution is 5.77. The van der Waals surface area contributed by atoms with Crippen molar-refractivity contribution in [2.45, 2.75) is 32.0 Å². The third-order valence-electron chi connectivity index (χ3n) is 1.54. The summed E-state index contributed by atoms with van der Waals surface area (Å²) in [5.74, 6) is -3.34. The van der Waals surface area contributed by atoms with E-state index in [1.165, 1.54) is 0 Å². The number of carbonyl (C=O) groups excluding carboxylic acids is 1. The molecule has 4 nitrogen and oxygen atoms in total. The van der Waals surface area contributed by atoms with Crippen LogP contribution in [0.5, 0.6) is 0 Å². The van der Waals surface area contributed by atoms with Crippen molar-refractivity contribution in [1.82, 2.24) is 0 Å². The summed E-state index contributed by atoms with van der Waals surface area (Å²) < 4.78 is 4.47. The van der Waals surface area contributed by atoms with Gasteiger partial charge in [-0.3, -0.25) is 0 Å². The minimum atomic E-state index is -2.35. The van der Waals surface area contributed by atoms with Crippen LogP contribution in [0, 0.1) is 0 Å². The number of ether oxygens (including phenoxy) is 1. The summed E-state index contributed by atoms with van der Waals surface area (Å²) in [5.41, 5.74) is 0. The van der Waals surface area contributed by atoms with E-state index >= 15 is 0 Å². The molecule has 0 radical (unpaired) electrons. The number of carbonyl (C=O) groups is 1. The zero-order valence-corrected chi connectivity index (χ0v) is 7.82. The lowest BCUT2D eigenvalue weighted by Gasteiger charge is -2.18. The van der Waals surface area contributed by atoms with Crippen LogP contribution in [0.4, 0.5) is 0 Å². The lowest BCUT2D eigenvalue weighted by molar-refractivity contribution is -0.211. The van der Waals surface area contributed by atoms with Gasteiger partial charge in [-0.2, -0.15) is 0 Å². The van der Waals surface area contributed by atoms with Crippen molar-refractivity contribution in [3.63, 3.8) is 0 Å². The van der Waals surface area contributed by atoms with E-state index < -0.39 is 11.8 Å². The topological polar surface area (TPSA) is 66.8 Å². The van der Waals surface area contributed by atoms with E-state index in [1.807, 2.05) is 0 Å². The molecular weight excluding hydrogens is 172 g/mol. The van der Waals surface area contributed by atoms with E-state index in [1.54, 1.807) is 13.0 Å². The lowest BCUT2D eigenvalue weighted by atomic mass is 10.1. The molecule has 76 valence electrons. The van der Waals surface area contributed by atoms with Crippen LogP contribution in [0.3, 0.4) is 0 Å². The van der Waals surface area contributed by atoms with E-state index in [4.69, 9.17) is 0 Å². The Balaban J connectivity index is 3.90. The van der Waals surface area contributed by atoms with Crippen molar-refractivity contribution in [2.24, 2.45) is 0 Å². The van der Waals surface area contributed by atoms with Gasteiger partial charge in [0.2, 0.25) is 0 Å². The Bertz CT molecular complexity index is 174. The van der Waals surface area contributed by atoms with Gasteiger partial charge in [0, 0.05) is 6.42 Å². The fourth-order valence-corrected chi connectivity index (χ4v) is 0.842. The van der Waals surface area contributed by atoms with Crippen LogP contribution in [-0.4, -0.2) is 28.6 Å². The smallest absolute Gasteiger partial charge is 0.366 e. The molecule has 0 amide bonds. The molecule has 2 N–H and O–H groups in total. The molecule has 0 saturated heterocycles. The first kappa shape index (κ1) is 12.1. The van der Waals surface area contributed by atoms with Gasteiger partial charge in [-0.25, -0.2) is 4.79 Å². The van der Waals surface area contributed by atoms with E-state index in [0.717, 1.165) is 0 Å². The Morgan fingerprint density at radius 2 is 2.23 bits per heavy atom. The molecule has 0 aliphatic rings. The zero-order valence-electron chi connectivity index (χ0n) is 7.82. The highest BCUT2D eigenvalue weighted by Gasteiger charge is 2.33. The second kappa shape index (κ2) is 5.72. The van der Waals surface area contributed by atoms with Crippen molar-refractivity contribution >= 4 is 5.97 Å². The van der Waals surface area contributed by atoms with Crippen molar-refractivity contribution in [2.75, 3.05) is 6.61 Å². The molecule has 13 heavy (non-hydrogen) atoms. The highest BCUT2D eigenvalue weighted by Crippen LogP contribution is 2.12. The van der Waals surface area contributed by atoms with E-state index in [9.17, 15) is 15.0 Å². The molecule has 0 spiro atoms.